The zero-order chi connectivity index (χ0) is 18.6. The summed E-state index contributed by atoms with van der Waals surface area (Å²) in [5.41, 5.74) is -0.409. The van der Waals surface area contributed by atoms with Crippen LogP contribution in [0.2, 0.25) is 0 Å². The molecule has 0 radical (unpaired) electrons. The number of hydroxylamine groups is 2. The van der Waals surface area contributed by atoms with Crippen LogP contribution in [0.25, 0.3) is 0 Å². The highest BCUT2D eigenvalue weighted by Gasteiger charge is 2.55. The highest BCUT2D eigenvalue weighted by atomic mass is 32.1. The summed E-state index contributed by atoms with van der Waals surface area (Å²) in [4.78, 5) is 32.3. The van der Waals surface area contributed by atoms with Crippen molar-refractivity contribution >= 4 is 23.3 Å². The van der Waals surface area contributed by atoms with Gasteiger partial charge < -0.3 is 9.47 Å². The average molecular weight is 375 g/mol. The van der Waals surface area contributed by atoms with E-state index in [0.29, 0.717) is 6.54 Å². The second-order valence-corrected chi connectivity index (χ2v) is 7.14. The van der Waals surface area contributed by atoms with Crippen molar-refractivity contribution in [3.8, 4) is 0 Å². The van der Waals surface area contributed by atoms with E-state index in [9.17, 15) is 9.59 Å². The molecule has 2 heterocycles. The molecule has 26 heavy (non-hydrogen) atoms. The molecular formula is C19H21NO5S. The lowest BCUT2D eigenvalue weighted by Crippen LogP contribution is -2.54. The number of hydrogen-bond donors (Lipinski definition) is 0. The van der Waals surface area contributed by atoms with E-state index in [2.05, 4.69) is 0 Å². The lowest BCUT2D eigenvalue weighted by atomic mass is 9.80. The van der Waals surface area contributed by atoms with Gasteiger partial charge in [-0.3, -0.25) is 14.4 Å². The molecule has 0 amide bonds. The monoisotopic (exact) mass is 375 g/mol. The number of esters is 2. The molecular weight excluding hydrogens is 354 g/mol. The molecule has 1 aromatic carbocycles. The van der Waals surface area contributed by atoms with Crippen molar-refractivity contribution < 1.29 is 23.9 Å². The summed E-state index contributed by atoms with van der Waals surface area (Å²) < 4.78 is 9.92. The van der Waals surface area contributed by atoms with Gasteiger partial charge in [0, 0.05) is 17.8 Å². The molecule has 1 fully saturated rings. The van der Waals surface area contributed by atoms with Gasteiger partial charge in [0.15, 0.2) is 5.41 Å². The Morgan fingerprint density at radius 1 is 1.15 bits per heavy atom. The Morgan fingerprint density at radius 3 is 2.42 bits per heavy atom. The number of rotatable bonds is 5. The van der Waals surface area contributed by atoms with Crippen molar-refractivity contribution in [2.75, 3.05) is 20.8 Å². The maximum atomic E-state index is 12.6. The standard InChI is InChI=1S/C19H21NO5S/c1-23-17(21)19(18(22)24-2)11-15(16-9-6-10-26-16)25-20(13-19)12-14-7-4-3-5-8-14/h3-10,15H,11-13H2,1-2H3. The smallest absolute Gasteiger partial charge is 0.324 e. The molecule has 0 aliphatic carbocycles. The fraction of sp³-hybridized carbons (Fsp3) is 0.368. The maximum Gasteiger partial charge on any atom is 0.324 e. The topological polar surface area (TPSA) is 65.1 Å². The molecule has 6 nitrogen and oxygen atoms in total. The molecule has 1 aliphatic rings. The average Bonchev–Trinajstić information content (AvgIpc) is 3.22. The van der Waals surface area contributed by atoms with E-state index in [4.69, 9.17) is 14.3 Å². The summed E-state index contributed by atoms with van der Waals surface area (Å²) >= 11 is 1.52. The molecule has 0 spiro atoms. The molecule has 1 saturated heterocycles. The third-order valence-corrected chi connectivity index (χ3v) is 5.44. The van der Waals surface area contributed by atoms with E-state index in [0.717, 1.165) is 10.4 Å². The molecule has 1 unspecified atom stereocenters. The van der Waals surface area contributed by atoms with E-state index in [1.165, 1.54) is 25.6 Å². The molecule has 1 aromatic heterocycles. The van der Waals surface area contributed by atoms with Crippen LogP contribution < -0.4 is 0 Å². The predicted octanol–water partition coefficient (Wildman–Crippen LogP) is 2.96. The minimum absolute atomic E-state index is 0.0725. The number of benzene rings is 1. The van der Waals surface area contributed by atoms with Gasteiger partial charge >= 0.3 is 11.9 Å². The van der Waals surface area contributed by atoms with Gasteiger partial charge in [-0.25, -0.2) is 0 Å². The van der Waals surface area contributed by atoms with Crippen LogP contribution in [-0.2, 0) is 30.4 Å². The van der Waals surface area contributed by atoms with Crippen LogP contribution in [0.15, 0.2) is 47.8 Å². The highest BCUT2D eigenvalue weighted by Crippen LogP contribution is 2.42. The molecule has 0 saturated carbocycles. The van der Waals surface area contributed by atoms with Gasteiger partial charge in [0.2, 0.25) is 0 Å². The van der Waals surface area contributed by atoms with Crippen LogP contribution in [0.3, 0.4) is 0 Å². The van der Waals surface area contributed by atoms with Crippen molar-refractivity contribution in [1.82, 2.24) is 5.06 Å². The lowest BCUT2D eigenvalue weighted by molar-refractivity contribution is -0.263. The third kappa shape index (κ3) is 3.65. The summed E-state index contributed by atoms with van der Waals surface area (Å²) in [5, 5.41) is 3.59. The number of thiophene rings is 1. The number of methoxy groups -OCH3 is 2. The van der Waals surface area contributed by atoms with Gasteiger partial charge in [-0.2, -0.15) is 5.06 Å². The van der Waals surface area contributed by atoms with Gasteiger partial charge in [-0.15, -0.1) is 11.3 Å². The van der Waals surface area contributed by atoms with Crippen molar-refractivity contribution in [3.63, 3.8) is 0 Å². The van der Waals surface area contributed by atoms with Gasteiger partial charge in [0.05, 0.1) is 20.8 Å². The maximum absolute atomic E-state index is 12.6. The summed E-state index contributed by atoms with van der Waals surface area (Å²) in [5.74, 6) is -1.21. The first-order chi connectivity index (χ1) is 12.6. The van der Waals surface area contributed by atoms with Gasteiger partial charge in [0.25, 0.3) is 0 Å². The number of carbonyl (C=O) groups excluding carboxylic acids is 2. The number of hydrogen-bond acceptors (Lipinski definition) is 7. The van der Waals surface area contributed by atoms with E-state index in [1.807, 2.05) is 47.8 Å². The van der Waals surface area contributed by atoms with Crippen LogP contribution >= 0.6 is 11.3 Å². The molecule has 2 aromatic rings. The molecule has 1 aliphatic heterocycles. The Labute approximate surface area is 156 Å². The largest absolute Gasteiger partial charge is 0.468 e. The van der Waals surface area contributed by atoms with Gasteiger partial charge in [0.1, 0.15) is 6.10 Å². The first-order valence-electron chi connectivity index (χ1n) is 8.25. The minimum Gasteiger partial charge on any atom is -0.468 e. The number of nitrogens with zero attached hydrogens (tertiary/aromatic N) is 1. The zero-order valence-corrected chi connectivity index (χ0v) is 15.5. The Balaban J connectivity index is 1.95. The molecule has 0 bridgehead atoms. The summed E-state index contributed by atoms with van der Waals surface area (Å²) in [6.07, 6.45) is -0.247. The van der Waals surface area contributed by atoms with Crippen LogP contribution in [0.4, 0.5) is 0 Å². The van der Waals surface area contributed by atoms with E-state index in [1.54, 1.807) is 5.06 Å². The van der Waals surface area contributed by atoms with Crippen molar-refractivity contribution in [3.05, 3.63) is 58.3 Å². The molecule has 138 valence electrons. The van der Waals surface area contributed by atoms with Gasteiger partial charge in [-0.05, 0) is 17.0 Å². The molecule has 0 N–H and O–H groups in total. The van der Waals surface area contributed by atoms with Crippen LogP contribution in [0.5, 0.6) is 0 Å². The molecule has 1 atom stereocenters. The first kappa shape index (κ1) is 18.6. The number of ether oxygens (including phenoxy) is 2. The summed E-state index contributed by atoms with van der Waals surface area (Å²) in [7, 11) is 2.56. The van der Waals surface area contributed by atoms with E-state index in [-0.39, 0.29) is 13.0 Å². The summed E-state index contributed by atoms with van der Waals surface area (Å²) in [6.45, 7) is 0.515. The third-order valence-electron chi connectivity index (χ3n) is 4.47. The second-order valence-electron chi connectivity index (χ2n) is 6.16. The minimum atomic E-state index is -1.43. The Bertz CT molecular complexity index is 731. The molecule has 7 heteroatoms. The van der Waals surface area contributed by atoms with Crippen molar-refractivity contribution in [2.24, 2.45) is 5.41 Å². The fourth-order valence-electron chi connectivity index (χ4n) is 3.21. The van der Waals surface area contributed by atoms with E-state index < -0.39 is 23.5 Å². The number of carbonyl (C=O) groups is 2. The highest BCUT2D eigenvalue weighted by molar-refractivity contribution is 7.10. The summed E-state index contributed by atoms with van der Waals surface area (Å²) in [6, 6.07) is 13.6. The van der Waals surface area contributed by atoms with Crippen LogP contribution in [-0.4, -0.2) is 37.8 Å². The Morgan fingerprint density at radius 2 is 1.85 bits per heavy atom. The van der Waals surface area contributed by atoms with E-state index >= 15 is 0 Å². The predicted molar refractivity (Wildman–Crippen MR) is 96.1 cm³/mol. The van der Waals surface area contributed by atoms with Crippen LogP contribution in [0, 0.1) is 5.41 Å². The Hall–Kier alpha value is -2.22. The van der Waals surface area contributed by atoms with Crippen molar-refractivity contribution in [1.29, 1.82) is 0 Å². The van der Waals surface area contributed by atoms with Gasteiger partial charge in [-0.1, -0.05) is 36.4 Å². The second kappa shape index (κ2) is 7.99. The molecule has 3 rings (SSSR count). The lowest BCUT2D eigenvalue weighted by Gasteiger charge is -2.41. The van der Waals surface area contributed by atoms with Crippen LogP contribution in [0.1, 0.15) is 23.0 Å². The fourth-order valence-corrected chi connectivity index (χ4v) is 3.96. The zero-order valence-electron chi connectivity index (χ0n) is 14.7. The van der Waals surface area contributed by atoms with Crippen molar-refractivity contribution in [2.45, 2.75) is 19.1 Å². The SMILES string of the molecule is COC(=O)C1(C(=O)OC)CC(c2cccs2)ON(Cc2ccccc2)C1. The Kier molecular flexibility index (Phi) is 5.70. The first-order valence-corrected chi connectivity index (χ1v) is 9.13. The normalized spacial score (nSPS) is 19.7. The quantitative estimate of drug-likeness (QED) is 0.591.